The first-order valence-corrected chi connectivity index (χ1v) is 7.50. The van der Waals surface area contributed by atoms with Crippen LogP contribution in [-0.2, 0) is 11.2 Å². The number of aromatic nitrogens is 1. The number of likely N-dealkylation sites (N-methyl/N-ethyl adjacent to an activating group) is 2. The fourth-order valence-corrected chi connectivity index (χ4v) is 2.09. The van der Waals surface area contributed by atoms with Crippen LogP contribution in [0.15, 0.2) is 34.9 Å². The Labute approximate surface area is 131 Å². The Morgan fingerprint density at radius 2 is 2.05 bits per heavy atom. The third kappa shape index (κ3) is 4.43. The zero-order chi connectivity index (χ0) is 15.9. The van der Waals surface area contributed by atoms with Crippen molar-refractivity contribution in [1.82, 2.24) is 15.2 Å². The first-order valence-electron chi connectivity index (χ1n) is 7.50. The van der Waals surface area contributed by atoms with E-state index in [0.717, 1.165) is 17.9 Å². The van der Waals surface area contributed by atoms with Crippen molar-refractivity contribution < 1.29 is 9.21 Å². The molecular formula is C17H23N3O2. The molecule has 5 nitrogen and oxygen atoms in total. The van der Waals surface area contributed by atoms with Crippen LogP contribution in [0, 0.1) is 6.92 Å². The molecule has 0 saturated carbocycles. The maximum absolute atomic E-state index is 12.0. The SMILES string of the molecule is CNCCN(C)C(=O)CCc1ncc(-c2ccc(C)cc2)o1. The standard InChI is InChI=1S/C17H23N3O2/c1-13-4-6-14(7-5-13)15-12-19-16(22-15)8-9-17(21)20(3)11-10-18-2/h4-7,12,18H,8-11H2,1-3H3. The van der Waals surface area contributed by atoms with Gasteiger partial charge in [0, 0.05) is 38.5 Å². The molecule has 118 valence electrons. The highest BCUT2D eigenvalue weighted by atomic mass is 16.4. The summed E-state index contributed by atoms with van der Waals surface area (Å²) in [6.07, 6.45) is 2.65. The van der Waals surface area contributed by atoms with Gasteiger partial charge in [0.2, 0.25) is 5.91 Å². The van der Waals surface area contributed by atoms with Gasteiger partial charge in [-0.25, -0.2) is 4.98 Å². The smallest absolute Gasteiger partial charge is 0.222 e. The van der Waals surface area contributed by atoms with Crippen molar-refractivity contribution >= 4 is 5.91 Å². The molecule has 0 saturated heterocycles. The predicted octanol–water partition coefficient (Wildman–Crippen LogP) is 2.26. The second-order valence-corrected chi connectivity index (χ2v) is 5.40. The molecule has 0 bridgehead atoms. The summed E-state index contributed by atoms with van der Waals surface area (Å²) in [6, 6.07) is 8.10. The van der Waals surface area contributed by atoms with Crippen LogP contribution in [0.4, 0.5) is 0 Å². The molecular weight excluding hydrogens is 278 g/mol. The maximum atomic E-state index is 12.0. The Balaban J connectivity index is 1.89. The van der Waals surface area contributed by atoms with E-state index in [1.54, 1.807) is 11.1 Å². The Morgan fingerprint density at radius 3 is 2.73 bits per heavy atom. The van der Waals surface area contributed by atoms with Crippen molar-refractivity contribution in [2.75, 3.05) is 27.2 Å². The van der Waals surface area contributed by atoms with E-state index in [1.807, 2.05) is 45.3 Å². The number of rotatable bonds is 7. The molecule has 2 rings (SSSR count). The van der Waals surface area contributed by atoms with Gasteiger partial charge in [-0.15, -0.1) is 0 Å². The Bertz CT molecular complexity index is 605. The number of amides is 1. The molecule has 1 heterocycles. The van der Waals surface area contributed by atoms with Gasteiger partial charge in [-0.05, 0) is 14.0 Å². The molecule has 2 aromatic rings. The fraction of sp³-hybridized carbons (Fsp3) is 0.412. The first kappa shape index (κ1) is 16.2. The van der Waals surface area contributed by atoms with Crippen molar-refractivity contribution in [3.63, 3.8) is 0 Å². The summed E-state index contributed by atoms with van der Waals surface area (Å²) in [5.41, 5.74) is 2.21. The average molecular weight is 301 g/mol. The Hall–Kier alpha value is -2.14. The molecule has 0 spiro atoms. The number of carbonyl (C=O) groups is 1. The normalized spacial score (nSPS) is 10.7. The topological polar surface area (TPSA) is 58.4 Å². The second-order valence-electron chi connectivity index (χ2n) is 5.40. The number of carbonyl (C=O) groups excluding carboxylic acids is 1. The number of nitrogens with one attached hydrogen (secondary N) is 1. The van der Waals surface area contributed by atoms with Crippen LogP contribution >= 0.6 is 0 Å². The van der Waals surface area contributed by atoms with Gasteiger partial charge >= 0.3 is 0 Å². The molecule has 0 fully saturated rings. The fourth-order valence-electron chi connectivity index (χ4n) is 2.09. The minimum Gasteiger partial charge on any atom is -0.441 e. The number of hydrogen-bond donors (Lipinski definition) is 1. The Kier molecular flexibility index (Phi) is 5.72. The predicted molar refractivity (Wildman–Crippen MR) is 86.6 cm³/mol. The van der Waals surface area contributed by atoms with Crippen LogP contribution in [0.1, 0.15) is 17.9 Å². The van der Waals surface area contributed by atoms with Crippen molar-refractivity contribution in [1.29, 1.82) is 0 Å². The minimum atomic E-state index is 0.102. The molecule has 5 heteroatoms. The molecule has 1 amide bonds. The summed E-state index contributed by atoms with van der Waals surface area (Å²) in [6.45, 7) is 3.54. The van der Waals surface area contributed by atoms with E-state index in [4.69, 9.17) is 4.42 Å². The molecule has 0 aliphatic carbocycles. The summed E-state index contributed by atoms with van der Waals surface area (Å²) < 4.78 is 5.73. The van der Waals surface area contributed by atoms with Gasteiger partial charge in [-0.1, -0.05) is 29.8 Å². The summed E-state index contributed by atoms with van der Waals surface area (Å²) in [4.78, 5) is 17.9. The van der Waals surface area contributed by atoms with Crippen LogP contribution in [0.3, 0.4) is 0 Å². The minimum absolute atomic E-state index is 0.102. The van der Waals surface area contributed by atoms with Crippen LogP contribution < -0.4 is 5.32 Å². The molecule has 0 aliphatic heterocycles. The summed E-state index contributed by atoms with van der Waals surface area (Å²) in [5, 5.41) is 3.03. The van der Waals surface area contributed by atoms with Crippen molar-refractivity contribution in [3.05, 3.63) is 41.9 Å². The van der Waals surface area contributed by atoms with Crippen molar-refractivity contribution in [2.45, 2.75) is 19.8 Å². The molecule has 1 aromatic carbocycles. The molecule has 1 N–H and O–H groups in total. The number of oxazole rings is 1. The zero-order valence-corrected chi connectivity index (χ0v) is 13.4. The van der Waals surface area contributed by atoms with Crippen LogP contribution in [0.5, 0.6) is 0 Å². The van der Waals surface area contributed by atoms with Gasteiger partial charge in [0.05, 0.1) is 6.20 Å². The Morgan fingerprint density at radius 1 is 1.32 bits per heavy atom. The van der Waals surface area contributed by atoms with Gasteiger partial charge in [-0.2, -0.15) is 0 Å². The lowest BCUT2D eigenvalue weighted by atomic mass is 10.1. The number of nitrogens with zero attached hydrogens (tertiary/aromatic N) is 2. The lowest BCUT2D eigenvalue weighted by Crippen LogP contribution is -2.32. The van der Waals surface area contributed by atoms with E-state index in [1.165, 1.54) is 5.56 Å². The second kappa shape index (κ2) is 7.75. The van der Waals surface area contributed by atoms with Gasteiger partial charge < -0.3 is 14.6 Å². The molecule has 1 aromatic heterocycles. The third-order valence-corrected chi connectivity index (χ3v) is 3.57. The first-order chi connectivity index (χ1) is 10.6. The monoisotopic (exact) mass is 301 g/mol. The van der Waals surface area contributed by atoms with Crippen molar-refractivity contribution in [3.8, 4) is 11.3 Å². The van der Waals surface area contributed by atoms with E-state index in [9.17, 15) is 4.79 Å². The third-order valence-electron chi connectivity index (χ3n) is 3.57. The van der Waals surface area contributed by atoms with Crippen LogP contribution in [0.2, 0.25) is 0 Å². The number of aryl methyl sites for hydroxylation is 2. The molecule has 0 radical (unpaired) electrons. The lowest BCUT2D eigenvalue weighted by Gasteiger charge is -2.16. The van der Waals surface area contributed by atoms with Gasteiger partial charge in [0.15, 0.2) is 11.7 Å². The van der Waals surface area contributed by atoms with Crippen LogP contribution in [0.25, 0.3) is 11.3 Å². The van der Waals surface area contributed by atoms with E-state index in [0.29, 0.717) is 25.3 Å². The molecule has 22 heavy (non-hydrogen) atoms. The highest BCUT2D eigenvalue weighted by Crippen LogP contribution is 2.21. The largest absolute Gasteiger partial charge is 0.441 e. The van der Waals surface area contributed by atoms with E-state index < -0.39 is 0 Å². The van der Waals surface area contributed by atoms with Gasteiger partial charge in [0.1, 0.15) is 0 Å². The van der Waals surface area contributed by atoms with Crippen LogP contribution in [-0.4, -0.2) is 43.0 Å². The van der Waals surface area contributed by atoms with Gasteiger partial charge in [0.25, 0.3) is 0 Å². The molecule has 0 unspecified atom stereocenters. The van der Waals surface area contributed by atoms with Gasteiger partial charge in [-0.3, -0.25) is 4.79 Å². The molecule has 0 atom stereocenters. The highest BCUT2D eigenvalue weighted by Gasteiger charge is 2.11. The van der Waals surface area contributed by atoms with E-state index in [2.05, 4.69) is 10.3 Å². The zero-order valence-electron chi connectivity index (χ0n) is 13.4. The average Bonchev–Trinajstić information content (AvgIpc) is 2.99. The van der Waals surface area contributed by atoms with Crippen molar-refractivity contribution in [2.24, 2.45) is 0 Å². The quantitative estimate of drug-likeness (QED) is 0.852. The maximum Gasteiger partial charge on any atom is 0.222 e. The summed E-state index contributed by atoms with van der Waals surface area (Å²) in [7, 11) is 3.69. The highest BCUT2D eigenvalue weighted by molar-refractivity contribution is 5.76. The van der Waals surface area contributed by atoms with E-state index >= 15 is 0 Å². The molecule has 0 aliphatic rings. The summed E-state index contributed by atoms with van der Waals surface area (Å²) >= 11 is 0. The lowest BCUT2D eigenvalue weighted by molar-refractivity contribution is -0.129. The number of hydrogen-bond acceptors (Lipinski definition) is 4. The number of benzene rings is 1. The van der Waals surface area contributed by atoms with E-state index in [-0.39, 0.29) is 5.91 Å². The summed E-state index contributed by atoms with van der Waals surface area (Å²) in [5.74, 6) is 1.45.